The molecule has 1 aromatic carbocycles. The summed E-state index contributed by atoms with van der Waals surface area (Å²) in [5.41, 5.74) is 1.03. The predicted molar refractivity (Wildman–Crippen MR) is 79.8 cm³/mol. The van der Waals surface area contributed by atoms with Crippen molar-refractivity contribution in [3.8, 4) is 11.5 Å². The van der Waals surface area contributed by atoms with Crippen molar-refractivity contribution in [1.29, 1.82) is 0 Å². The first kappa shape index (κ1) is 16.3. The van der Waals surface area contributed by atoms with Gasteiger partial charge in [0.25, 0.3) is 0 Å². The van der Waals surface area contributed by atoms with Gasteiger partial charge in [0, 0.05) is 18.2 Å². The number of alkyl halides is 3. The lowest BCUT2D eigenvalue weighted by Crippen LogP contribution is -2.29. The first-order chi connectivity index (χ1) is 9.95. The van der Waals surface area contributed by atoms with E-state index in [0.29, 0.717) is 30.8 Å². The van der Waals surface area contributed by atoms with Crippen LogP contribution >= 0.6 is 11.6 Å². The summed E-state index contributed by atoms with van der Waals surface area (Å²) in [7, 11) is 3.17. The number of hydrogen-bond donors (Lipinski definition) is 0. The van der Waals surface area contributed by atoms with Crippen LogP contribution in [0.25, 0.3) is 0 Å². The summed E-state index contributed by atoms with van der Waals surface area (Å²) in [6.07, 6.45) is 1.54. The molecule has 21 heavy (non-hydrogen) atoms. The van der Waals surface area contributed by atoms with Gasteiger partial charge in [-0.3, -0.25) is 0 Å². The number of methoxy groups -OCH3 is 2. The Morgan fingerprint density at radius 3 is 2.38 bits per heavy atom. The van der Waals surface area contributed by atoms with E-state index >= 15 is 0 Å². The zero-order valence-electron chi connectivity index (χ0n) is 12.4. The molecule has 0 N–H and O–H groups in total. The molecular formula is C16H21ClF2O2. The van der Waals surface area contributed by atoms with E-state index < -0.39 is 5.92 Å². The van der Waals surface area contributed by atoms with E-state index in [1.165, 1.54) is 0 Å². The highest BCUT2D eigenvalue weighted by Gasteiger charge is 2.37. The minimum absolute atomic E-state index is 0.0488. The minimum atomic E-state index is -2.50. The van der Waals surface area contributed by atoms with Gasteiger partial charge in [-0.15, -0.1) is 11.6 Å². The van der Waals surface area contributed by atoms with Crippen molar-refractivity contribution in [3.05, 3.63) is 23.8 Å². The Bertz CT molecular complexity index is 469. The lowest BCUT2D eigenvalue weighted by Gasteiger charge is -2.31. The van der Waals surface area contributed by atoms with E-state index in [4.69, 9.17) is 21.1 Å². The topological polar surface area (TPSA) is 18.5 Å². The van der Waals surface area contributed by atoms with Crippen molar-refractivity contribution in [3.63, 3.8) is 0 Å². The van der Waals surface area contributed by atoms with Crippen LogP contribution in [-0.2, 0) is 6.42 Å². The molecule has 0 radical (unpaired) electrons. The maximum atomic E-state index is 13.2. The molecule has 0 aliphatic heterocycles. The fourth-order valence-corrected chi connectivity index (χ4v) is 3.25. The Morgan fingerprint density at radius 2 is 1.81 bits per heavy atom. The fraction of sp³-hybridized carbons (Fsp3) is 0.625. The third-order valence-electron chi connectivity index (χ3n) is 4.15. The normalized spacial score (nSPS) is 20.0. The molecule has 0 heterocycles. The van der Waals surface area contributed by atoms with E-state index in [0.717, 1.165) is 5.56 Å². The highest BCUT2D eigenvalue weighted by Crippen LogP contribution is 2.39. The standard InChI is InChI=1S/C16H21ClF2O2/c1-20-14-4-3-11(10-15(14)21-2)9-13(17)12-5-7-16(18,19)8-6-12/h3-4,10,12-13H,5-9H2,1-2H3. The van der Waals surface area contributed by atoms with Crippen LogP contribution < -0.4 is 9.47 Å². The zero-order chi connectivity index (χ0) is 15.5. The fourth-order valence-electron chi connectivity index (χ4n) is 2.82. The number of benzene rings is 1. The Balaban J connectivity index is 1.98. The molecule has 1 aromatic rings. The van der Waals surface area contributed by atoms with Gasteiger partial charge in [-0.25, -0.2) is 8.78 Å². The maximum Gasteiger partial charge on any atom is 0.248 e. The quantitative estimate of drug-likeness (QED) is 0.734. The first-order valence-electron chi connectivity index (χ1n) is 7.18. The van der Waals surface area contributed by atoms with Gasteiger partial charge in [0.2, 0.25) is 5.92 Å². The molecule has 1 unspecified atom stereocenters. The molecule has 1 aliphatic carbocycles. The summed E-state index contributed by atoms with van der Waals surface area (Å²) in [4.78, 5) is 0. The van der Waals surface area contributed by atoms with Gasteiger partial charge in [-0.1, -0.05) is 6.07 Å². The van der Waals surface area contributed by atoms with Gasteiger partial charge in [0.1, 0.15) is 0 Å². The van der Waals surface area contributed by atoms with Crippen molar-refractivity contribution in [2.75, 3.05) is 14.2 Å². The van der Waals surface area contributed by atoms with Crippen molar-refractivity contribution >= 4 is 11.6 Å². The summed E-state index contributed by atoms with van der Waals surface area (Å²) < 4.78 is 36.8. The lowest BCUT2D eigenvalue weighted by molar-refractivity contribution is -0.0459. The van der Waals surface area contributed by atoms with Crippen LogP contribution in [0.15, 0.2) is 18.2 Å². The molecule has 0 spiro atoms. The summed E-state index contributed by atoms with van der Waals surface area (Å²) >= 11 is 6.44. The summed E-state index contributed by atoms with van der Waals surface area (Å²) in [6.45, 7) is 0. The van der Waals surface area contributed by atoms with Crippen molar-refractivity contribution in [2.24, 2.45) is 5.92 Å². The number of hydrogen-bond acceptors (Lipinski definition) is 2. The first-order valence-corrected chi connectivity index (χ1v) is 7.61. The molecule has 2 rings (SSSR count). The van der Waals surface area contributed by atoms with Crippen LogP contribution in [0.2, 0.25) is 0 Å². The predicted octanol–water partition coefficient (Wildman–Crippen LogP) is 4.68. The molecule has 5 heteroatoms. The smallest absolute Gasteiger partial charge is 0.248 e. The highest BCUT2D eigenvalue weighted by molar-refractivity contribution is 6.20. The molecule has 0 aromatic heterocycles. The Kier molecular flexibility index (Phi) is 5.31. The monoisotopic (exact) mass is 318 g/mol. The van der Waals surface area contributed by atoms with Crippen LogP contribution in [0.1, 0.15) is 31.2 Å². The average Bonchev–Trinajstić information content (AvgIpc) is 2.46. The molecule has 2 nitrogen and oxygen atoms in total. The van der Waals surface area contributed by atoms with E-state index in [2.05, 4.69) is 0 Å². The number of rotatable bonds is 5. The van der Waals surface area contributed by atoms with Crippen LogP contribution in [0.5, 0.6) is 11.5 Å². The SMILES string of the molecule is COc1ccc(CC(Cl)C2CCC(F)(F)CC2)cc1OC. The average molecular weight is 319 g/mol. The Morgan fingerprint density at radius 1 is 1.19 bits per heavy atom. The van der Waals surface area contributed by atoms with Crippen molar-refractivity contribution < 1.29 is 18.3 Å². The van der Waals surface area contributed by atoms with Gasteiger partial charge >= 0.3 is 0 Å². The molecule has 0 bridgehead atoms. The van der Waals surface area contributed by atoms with Crippen molar-refractivity contribution in [2.45, 2.75) is 43.4 Å². The van der Waals surface area contributed by atoms with Crippen LogP contribution in [0.4, 0.5) is 8.78 Å². The van der Waals surface area contributed by atoms with E-state index in [1.54, 1.807) is 14.2 Å². The van der Waals surface area contributed by atoms with Gasteiger partial charge in [0.05, 0.1) is 14.2 Å². The molecular weight excluding hydrogens is 298 g/mol. The molecule has 0 amide bonds. The second kappa shape index (κ2) is 6.82. The molecule has 118 valence electrons. The largest absolute Gasteiger partial charge is 0.493 e. The van der Waals surface area contributed by atoms with Gasteiger partial charge in [0.15, 0.2) is 11.5 Å². The van der Waals surface area contributed by atoms with Crippen LogP contribution in [-0.4, -0.2) is 25.5 Å². The summed E-state index contributed by atoms with van der Waals surface area (Å²) in [5.74, 6) is -1.02. The van der Waals surface area contributed by atoms with Crippen LogP contribution in [0.3, 0.4) is 0 Å². The summed E-state index contributed by atoms with van der Waals surface area (Å²) in [5, 5.41) is -0.126. The number of halogens is 3. The van der Waals surface area contributed by atoms with E-state index in [-0.39, 0.29) is 24.1 Å². The molecule has 0 saturated heterocycles. The van der Waals surface area contributed by atoms with Gasteiger partial charge in [-0.05, 0) is 42.9 Å². The van der Waals surface area contributed by atoms with Gasteiger partial charge < -0.3 is 9.47 Å². The summed E-state index contributed by atoms with van der Waals surface area (Å²) in [6, 6.07) is 5.67. The third-order valence-corrected chi connectivity index (χ3v) is 4.66. The zero-order valence-corrected chi connectivity index (χ0v) is 13.1. The highest BCUT2D eigenvalue weighted by atomic mass is 35.5. The number of ether oxygens (including phenoxy) is 2. The Labute approximate surface area is 129 Å². The minimum Gasteiger partial charge on any atom is -0.493 e. The molecule has 1 aliphatic rings. The van der Waals surface area contributed by atoms with Crippen molar-refractivity contribution in [1.82, 2.24) is 0 Å². The second-order valence-electron chi connectivity index (χ2n) is 5.60. The van der Waals surface area contributed by atoms with Crippen LogP contribution in [0, 0.1) is 5.92 Å². The van der Waals surface area contributed by atoms with Gasteiger partial charge in [-0.2, -0.15) is 0 Å². The lowest BCUT2D eigenvalue weighted by atomic mass is 9.83. The van der Waals surface area contributed by atoms with E-state index in [9.17, 15) is 8.78 Å². The molecule has 1 fully saturated rings. The van der Waals surface area contributed by atoms with E-state index in [1.807, 2.05) is 18.2 Å². The third kappa shape index (κ3) is 4.22. The maximum absolute atomic E-state index is 13.2. The molecule has 1 atom stereocenters. The Hall–Kier alpha value is -1.03. The second-order valence-corrected chi connectivity index (χ2v) is 6.16. The molecule has 1 saturated carbocycles.